The van der Waals surface area contributed by atoms with Crippen LogP contribution in [0.1, 0.15) is 30.4 Å². The van der Waals surface area contributed by atoms with Crippen molar-refractivity contribution >= 4 is 29.3 Å². The number of hydrogen-bond donors (Lipinski definition) is 1. The molecule has 2 atom stereocenters. The summed E-state index contributed by atoms with van der Waals surface area (Å²) in [5, 5.41) is 19.2. The monoisotopic (exact) mass is 320 g/mol. The Kier molecular flexibility index (Phi) is 3.35. The highest BCUT2D eigenvalue weighted by atomic mass is 35.5. The minimum Gasteiger partial charge on any atom is -0.429 e. The van der Waals surface area contributed by atoms with Gasteiger partial charge < -0.3 is 9.84 Å². The lowest BCUT2D eigenvalue weighted by molar-refractivity contribution is -0.137. The van der Waals surface area contributed by atoms with Crippen LogP contribution in [0.25, 0.3) is 0 Å². The molecule has 6 nitrogen and oxygen atoms in total. The van der Waals surface area contributed by atoms with Gasteiger partial charge in [0, 0.05) is 0 Å². The Bertz CT molecular complexity index is 727. The number of aliphatic hydroxyl groups excluding tert-OH is 1. The second-order valence-corrected chi connectivity index (χ2v) is 5.87. The first-order valence-electron chi connectivity index (χ1n) is 6.87. The maximum atomic E-state index is 12.7. The van der Waals surface area contributed by atoms with Gasteiger partial charge >= 0.3 is 6.09 Å². The Balaban J connectivity index is 2.07. The van der Waals surface area contributed by atoms with Gasteiger partial charge in [-0.25, -0.2) is 9.69 Å². The Morgan fingerprint density at radius 3 is 2.82 bits per heavy atom. The van der Waals surface area contributed by atoms with Crippen LogP contribution in [0.5, 0.6) is 0 Å². The van der Waals surface area contributed by atoms with Gasteiger partial charge in [0.15, 0.2) is 0 Å². The molecule has 1 aromatic rings. The van der Waals surface area contributed by atoms with Crippen molar-refractivity contribution in [2.24, 2.45) is 0 Å². The summed E-state index contributed by atoms with van der Waals surface area (Å²) in [5.74, 6) is -0.577. The minimum absolute atomic E-state index is 0.188. The van der Waals surface area contributed by atoms with Crippen LogP contribution in [0.4, 0.5) is 10.5 Å². The number of aliphatic hydroxyl groups is 1. The molecule has 7 heteroatoms. The third kappa shape index (κ3) is 1.83. The summed E-state index contributed by atoms with van der Waals surface area (Å²) >= 11 is 6.09. The summed E-state index contributed by atoms with van der Waals surface area (Å²) in [6.07, 6.45) is -0.489. The average Bonchev–Trinajstić information content (AvgIpc) is 2.96. The Labute approximate surface area is 131 Å². The van der Waals surface area contributed by atoms with Crippen molar-refractivity contribution in [2.75, 3.05) is 4.90 Å². The number of benzene rings is 1. The molecule has 22 heavy (non-hydrogen) atoms. The van der Waals surface area contributed by atoms with Crippen LogP contribution in [-0.4, -0.2) is 28.8 Å². The third-order valence-corrected chi connectivity index (χ3v) is 4.79. The largest absolute Gasteiger partial charge is 0.429 e. The zero-order valence-corrected chi connectivity index (χ0v) is 12.6. The van der Waals surface area contributed by atoms with E-state index in [1.807, 2.05) is 6.07 Å². The molecule has 0 radical (unpaired) electrons. The van der Waals surface area contributed by atoms with Crippen molar-refractivity contribution in [2.45, 2.75) is 37.9 Å². The van der Waals surface area contributed by atoms with Crippen LogP contribution in [0.15, 0.2) is 12.1 Å². The Hall–Kier alpha value is -2.10. The molecule has 1 heterocycles. The standard InChI is InChI=1S/C15H13ClN2O4/c1-8-10(5-4-9(7-17)12(8)16)18-13(20)15(22-14(18)21)6-2-3-11(15)19/h4-5,11,19H,2-3,6H2,1H3/t11-,15-/m1/s1. The first kappa shape index (κ1) is 14.8. The number of anilines is 1. The fraction of sp³-hybridized carbons (Fsp3) is 0.400. The summed E-state index contributed by atoms with van der Waals surface area (Å²) in [7, 11) is 0. The molecule has 2 amide bonds. The maximum absolute atomic E-state index is 12.7. The van der Waals surface area contributed by atoms with Crippen molar-refractivity contribution in [1.29, 1.82) is 5.26 Å². The van der Waals surface area contributed by atoms with Crippen LogP contribution >= 0.6 is 11.6 Å². The highest BCUT2D eigenvalue weighted by Crippen LogP contribution is 2.43. The molecule has 1 aliphatic carbocycles. The smallest absolute Gasteiger partial charge is 0.422 e. The fourth-order valence-electron chi connectivity index (χ4n) is 3.05. The van der Waals surface area contributed by atoms with Gasteiger partial charge in [0.05, 0.1) is 16.3 Å². The molecular weight excluding hydrogens is 308 g/mol. The van der Waals surface area contributed by atoms with E-state index in [4.69, 9.17) is 21.6 Å². The van der Waals surface area contributed by atoms with Crippen molar-refractivity contribution < 1.29 is 19.4 Å². The first-order chi connectivity index (χ1) is 10.4. The molecule has 1 aromatic carbocycles. The van der Waals surface area contributed by atoms with E-state index >= 15 is 0 Å². The molecule has 1 saturated heterocycles. The van der Waals surface area contributed by atoms with E-state index < -0.39 is 23.7 Å². The van der Waals surface area contributed by atoms with Gasteiger partial charge in [0.1, 0.15) is 12.2 Å². The summed E-state index contributed by atoms with van der Waals surface area (Å²) in [6.45, 7) is 1.62. The summed E-state index contributed by atoms with van der Waals surface area (Å²) in [4.78, 5) is 25.8. The van der Waals surface area contributed by atoms with Crippen LogP contribution in [0.3, 0.4) is 0 Å². The normalized spacial score (nSPS) is 27.4. The Morgan fingerprint density at radius 1 is 1.50 bits per heavy atom. The van der Waals surface area contributed by atoms with Gasteiger partial charge in [-0.3, -0.25) is 4.79 Å². The SMILES string of the molecule is Cc1c(N2C(=O)O[C@@]3(CCC[C@H]3O)C2=O)ccc(C#N)c1Cl. The summed E-state index contributed by atoms with van der Waals surface area (Å²) in [5.41, 5.74) is -0.506. The molecule has 0 unspecified atom stereocenters. The predicted octanol–water partition coefficient (Wildman–Crippen LogP) is 2.29. The van der Waals surface area contributed by atoms with Gasteiger partial charge in [-0.15, -0.1) is 0 Å². The second-order valence-electron chi connectivity index (χ2n) is 5.49. The van der Waals surface area contributed by atoms with Crippen LogP contribution in [0, 0.1) is 18.3 Å². The van der Waals surface area contributed by atoms with Crippen molar-refractivity contribution in [3.05, 3.63) is 28.3 Å². The Morgan fingerprint density at radius 2 is 2.23 bits per heavy atom. The third-order valence-electron chi connectivity index (χ3n) is 4.30. The quantitative estimate of drug-likeness (QED) is 0.857. The van der Waals surface area contributed by atoms with E-state index in [0.29, 0.717) is 24.8 Å². The van der Waals surface area contributed by atoms with Crippen molar-refractivity contribution in [1.82, 2.24) is 0 Å². The van der Waals surface area contributed by atoms with Gasteiger partial charge in [0.25, 0.3) is 5.91 Å². The van der Waals surface area contributed by atoms with E-state index in [0.717, 1.165) is 4.90 Å². The van der Waals surface area contributed by atoms with Gasteiger partial charge in [-0.2, -0.15) is 5.26 Å². The van der Waals surface area contributed by atoms with E-state index in [1.165, 1.54) is 12.1 Å². The van der Waals surface area contributed by atoms with Crippen LogP contribution in [-0.2, 0) is 9.53 Å². The molecule has 114 valence electrons. The molecule has 0 aromatic heterocycles. The molecule has 1 spiro atoms. The molecule has 2 aliphatic rings. The topological polar surface area (TPSA) is 90.6 Å². The lowest BCUT2D eigenvalue weighted by Crippen LogP contribution is -2.47. The number of nitriles is 1. The van der Waals surface area contributed by atoms with Crippen molar-refractivity contribution in [3.8, 4) is 6.07 Å². The molecule has 1 N–H and O–H groups in total. The molecule has 1 aliphatic heterocycles. The van der Waals surface area contributed by atoms with Crippen LogP contribution in [0.2, 0.25) is 5.02 Å². The zero-order valence-electron chi connectivity index (χ0n) is 11.8. The molecule has 2 fully saturated rings. The number of halogens is 1. The van der Waals surface area contributed by atoms with Crippen molar-refractivity contribution in [3.63, 3.8) is 0 Å². The van der Waals surface area contributed by atoms with E-state index in [-0.39, 0.29) is 16.3 Å². The molecular formula is C15H13ClN2O4. The number of ether oxygens (including phenoxy) is 1. The van der Waals surface area contributed by atoms with Gasteiger partial charge in [0.2, 0.25) is 5.60 Å². The lowest BCUT2D eigenvalue weighted by Gasteiger charge is -2.23. The average molecular weight is 321 g/mol. The highest BCUT2D eigenvalue weighted by Gasteiger charge is 2.61. The minimum atomic E-state index is -1.48. The number of rotatable bonds is 1. The highest BCUT2D eigenvalue weighted by molar-refractivity contribution is 6.33. The maximum Gasteiger partial charge on any atom is 0.422 e. The fourth-order valence-corrected chi connectivity index (χ4v) is 3.26. The van der Waals surface area contributed by atoms with Crippen LogP contribution < -0.4 is 4.90 Å². The van der Waals surface area contributed by atoms with E-state index in [2.05, 4.69) is 0 Å². The summed E-state index contributed by atoms with van der Waals surface area (Å²) < 4.78 is 5.23. The van der Waals surface area contributed by atoms with E-state index in [1.54, 1.807) is 6.92 Å². The van der Waals surface area contributed by atoms with Gasteiger partial charge in [-0.1, -0.05) is 11.6 Å². The molecule has 0 bridgehead atoms. The first-order valence-corrected chi connectivity index (χ1v) is 7.25. The van der Waals surface area contributed by atoms with Gasteiger partial charge in [-0.05, 0) is 43.9 Å². The molecule has 3 rings (SSSR count). The second kappa shape index (κ2) is 4.97. The summed E-state index contributed by atoms with van der Waals surface area (Å²) in [6, 6.07) is 4.87. The van der Waals surface area contributed by atoms with E-state index in [9.17, 15) is 14.7 Å². The number of amides is 2. The number of nitrogens with zero attached hydrogens (tertiary/aromatic N) is 2. The predicted molar refractivity (Wildman–Crippen MR) is 77.5 cm³/mol. The number of carbonyl (C=O) groups excluding carboxylic acids is 2. The zero-order chi connectivity index (χ0) is 16.1. The molecule has 1 saturated carbocycles. The number of hydrogen-bond acceptors (Lipinski definition) is 5. The number of imide groups is 1. The lowest BCUT2D eigenvalue weighted by atomic mass is 9.98. The number of carbonyl (C=O) groups is 2.